The average molecular weight is 134 g/mol. The number of hydrogen-bond donors (Lipinski definition) is 0. The van der Waals surface area contributed by atoms with Gasteiger partial charge in [0.15, 0.2) is 0 Å². The maximum absolute atomic E-state index is 8.40. The third-order valence-corrected chi connectivity index (χ3v) is 0. The number of rotatable bonds is 0. The van der Waals surface area contributed by atoms with Crippen molar-refractivity contribution in [3.8, 4) is 0 Å². The Bertz CT molecular complexity index is 83.0. The van der Waals surface area contributed by atoms with Crippen LogP contribution in [0.5, 0.6) is 0 Å². The minimum atomic E-state index is -2.33. The molecule has 0 spiro atoms. The van der Waals surface area contributed by atoms with E-state index in [-0.39, 0.29) is 37.7 Å². The van der Waals surface area contributed by atoms with Gasteiger partial charge in [0.25, 0.3) is 0 Å². The van der Waals surface area contributed by atoms with Gasteiger partial charge in [0.2, 0.25) is 0 Å². The molecule has 0 aromatic heterocycles. The molecular weight excluding hydrogens is 134 g/mol. The van der Waals surface area contributed by atoms with Gasteiger partial charge in [-0.05, 0) is 6.16 Å². The third-order valence-electron chi connectivity index (χ3n) is 0. The first-order valence-electron chi connectivity index (χ1n) is 1.02. The van der Waals surface area contributed by atoms with E-state index in [4.69, 9.17) is 23.9 Å². The summed E-state index contributed by atoms with van der Waals surface area (Å²) in [5, 5.41) is 16.7. The van der Waals surface area contributed by atoms with Crippen molar-refractivity contribution in [1.29, 1.82) is 0 Å². The van der Waals surface area contributed by atoms with Gasteiger partial charge in [-0.1, -0.05) is 0 Å². The molecule has 0 fully saturated rings. The Morgan fingerprint density at radius 1 is 1.11 bits per heavy atom. The first-order chi connectivity index (χ1) is 3.15. The van der Waals surface area contributed by atoms with Crippen molar-refractivity contribution in [3.05, 3.63) is 0 Å². The maximum Gasteiger partial charge on any atom is 1.00 e. The van der Waals surface area contributed by atoms with Gasteiger partial charge in [0.1, 0.15) is 0 Å². The Labute approximate surface area is 77.1 Å². The molecule has 0 aromatic rings. The Balaban J connectivity index is -0.0000000233. The summed E-state index contributed by atoms with van der Waals surface area (Å²) in [5.41, 5.74) is 0. The van der Waals surface area contributed by atoms with E-state index in [0.29, 0.717) is 0 Å². The molecule has 0 aliphatic heterocycles. The molecule has 9 heavy (non-hydrogen) atoms. The van der Waals surface area contributed by atoms with Crippen LogP contribution in [0.1, 0.15) is 0 Å². The molecule has 0 bridgehead atoms. The van der Waals surface area contributed by atoms with Gasteiger partial charge in [0, 0.05) is 0 Å². The summed E-state index contributed by atoms with van der Waals surface area (Å²) in [4.78, 5) is 8.33. The first-order valence-corrected chi connectivity index (χ1v) is 1.84. The van der Waals surface area contributed by atoms with E-state index in [2.05, 4.69) is 0 Å². The molecule has 5 nitrogen and oxygen atoms in total. The topological polar surface area (TPSA) is 97.3 Å². The van der Waals surface area contributed by atoms with Gasteiger partial charge < -0.3 is 15.0 Å². The molecule has 0 aliphatic rings. The number of hydrogen-bond acceptors (Lipinski definition) is 5. The van der Waals surface area contributed by atoms with Crippen LogP contribution in [0.3, 0.4) is 0 Å². The quantitative estimate of drug-likeness (QED) is 0.306. The summed E-state index contributed by atoms with van der Waals surface area (Å²) in [5.74, 6) is 0. The second kappa shape index (κ2) is 24.0. The maximum atomic E-state index is 8.40. The molecule has 0 amide bonds. The summed E-state index contributed by atoms with van der Waals surface area (Å²) in [6.07, 6.45) is -2.33. The molecule has 0 aliphatic carbocycles. The van der Waals surface area contributed by atoms with Gasteiger partial charge in [-0.3, -0.25) is 8.92 Å². The van der Waals surface area contributed by atoms with Crippen molar-refractivity contribution in [2.45, 2.75) is 0 Å². The van der Waals surface area contributed by atoms with Crippen molar-refractivity contribution in [2.75, 3.05) is 0 Å². The van der Waals surface area contributed by atoms with Crippen LogP contribution in [-0.2, 0) is 8.92 Å². The first kappa shape index (κ1) is 22.8. The zero-order chi connectivity index (χ0) is 6.28. The summed E-state index contributed by atoms with van der Waals surface area (Å²) in [6, 6.07) is 0. The van der Waals surface area contributed by atoms with Gasteiger partial charge >= 0.3 is 47.0 Å². The van der Waals surface area contributed by atoms with Gasteiger partial charge in [-0.25, -0.2) is 0 Å². The minimum Gasteiger partial charge on any atom is -0.652 e. The van der Waals surface area contributed by atoms with E-state index < -0.39 is 15.4 Å². The number of carboxylic acid groups (broad SMARTS) is 2. The number of carbonyl (C=O) groups is 1. The van der Waals surface area contributed by atoms with Gasteiger partial charge in [-0.2, -0.15) is 0 Å². The van der Waals surface area contributed by atoms with Crippen LogP contribution in [0.2, 0.25) is 0 Å². The normalized spacial score (nSPS) is 3.56. The Kier molecular flexibility index (Phi) is 60.7. The van der Waals surface area contributed by atoms with Crippen LogP contribution < -0.4 is 47.9 Å². The van der Waals surface area contributed by atoms with Crippen LogP contribution in [-0.4, -0.2) is 15.4 Å². The fraction of sp³-hybridized carbons (Fsp3) is 0. The van der Waals surface area contributed by atoms with E-state index in [1.54, 1.807) is 0 Å². The fourth-order valence-electron chi connectivity index (χ4n) is 0. The molecule has 0 unspecified atom stereocenters. The number of carbonyl (C=O) groups excluding carboxylic acids is 1. The molecule has 0 rings (SSSR count). The molecule has 0 atom stereocenters. The fourth-order valence-corrected chi connectivity index (χ4v) is 0. The van der Waals surface area contributed by atoms with Crippen LogP contribution in [0.25, 0.3) is 0 Å². The smallest absolute Gasteiger partial charge is 0.652 e. The molecule has 0 aromatic carbocycles. The van der Waals surface area contributed by atoms with Crippen molar-refractivity contribution in [3.63, 3.8) is 0 Å². The van der Waals surface area contributed by atoms with Crippen LogP contribution in [0.4, 0.5) is 4.79 Å². The standard InChI is InChI=1S/CH2O3.2Li.O2Si/c2-1(3)4;;;1-3-2/h(H2,2,3,4);;;/q;2*+1;/p-2. The molecule has 0 N–H and O–H groups in total. The van der Waals surface area contributed by atoms with Crippen molar-refractivity contribution < 1.29 is 61.7 Å². The van der Waals surface area contributed by atoms with E-state index >= 15 is 0 Å². The zero-order valence-electron chi connectivity index (χ0n) is 5.04. The second-order valence-electron chi connectivity index (χ2n) is 0.333. The molecule has 40 valence electrons. The summed E-state index contributed by atoms with van der Waals surface area (Å²) < 4.78 is 16.8. The largest absolute Gasteiger partial charge is 1.00 e. The minimum absolute atomic E-state index is 0. The Morgan fingerprint density at radius 2 is 1.11 bits per heavy atom. The predicted molar refractivity (Wildman–Crippen MR) is 12.5 cm³/mol. The van der Waals surface area contributed by atoms with E-state index in [9.17, 15) is 0 Å². The van der Waals surface area contributed by atoms with Crippen LogP contribution in [0.15, 0.2) is 0 Å². The third kappa shape index (κ3) is 4120. The van der Waals surface area contributed by atoms with E-state index in [0.717, 1.165) is 0 Å². The summed E-state index contributed by atoms with van der Waals surface area (Å²) >= 11 is 0. The Morgan fingerprint density at radius 3 is 1.11 bits per heavy atom. The van der Waals surface area contributed by atoms with Crippen molar-refractivity contribution >= 4 is 15.4 Å². The second-order valence-corrected chi connectivity index (χ2v) is 0.500. The molecule has 0 heterocycles. The van der Waals surface area contributed by atoms with Crippen molar-refractivity contribution in [2.24, 2.45) is 0 Å². The average Bonchev–Trinajstić information content (AvgIpc) is 1.33. The van der Waals surface area contributed by atoms with E-state index in [1.807, 2.05) is 0 Å². The molecule has 0 radical (unpaired) electrons. The van der Waals surface area contributed by atoms with Crippen LogP contribution in [0, 0.1) is 0 Å². The van der Waals surface area contributed by atoms with Gasteiger partial charge in [-0.15, -0.1) is 0 Å². The molecule has 8 heteroatoms. The molecule has 0 saturated carbocycles. The van der Waals surface area contributed by atoms with Crippen molar-refractivity contribution in [1.82, 2.24) is 0 Å². The molecule has 0 saturated heterocycles. The monoisotopic (exact) mass is 134 g/mol. The summed E-state index contributed by atoms with van der Waals surface area (Å²) in [7, 11) is -1.42. The van der Waals surface area contributed by atoms with Gasteiger partial charge in [0.05, 0.1) is 0 Å². The van der Waals surface area contributed by atoms with E-state index in [1.165, 1.54) is 0 Å². The Hall–Kier alpha value is 0.282. The molecular formula is CLi2O5Si. The summed E-state index contributed by atoms with van der Waals surface area (Å²) in [6.45, 7) is 0. The zero-order valence-corrected chi connectivity index (χ0v) is 6.04. The van der Waals surface area contributed by atoms with Crippen LogP contribution >= 0.6 is 0 Å². The predicted octanol–water partition coefficient (Wildman–Crippen LogP) is -9.06. The SMILES string of the molecule is O=C([O-])[O-].O=[Si]=O.[Li+].[Li+].